The average Bonchev–Trinajstić information content (AvgIpc) is 2.93. The predicted octanol–water partition coefficient (Wildman–Crippen LogP) is 6.71. The van der Waals surface area contributed by atoms with Crippen molar-refractivity contribution in [2.75, 3.05) is 23.7 Å². The van der Waals surface area contributed by atoms with Gasteiger partial charge in [-0.3, -0.25) is 14.6 Å². The summed E-state index contributed by atoms with van der Waals surface area (Å²) in [4.78, 5) is 49.1. The number of nitrogens with one attached hydrogen (secondary N) is 2. The third kappa shape index (κ3) is 8.67. The molecular formula is C32H38ClN5O5. The number of piperidine rings is 1. The van der Waals surface area contributed by atoms with E-state index in [0.29, 0.717) is 48.1 Å². The fourth-order valence-corrected chi connectivity index (χ4v) is 4.56. The normalized spacial score (nSPS) is 14.2. The molecule has 0 aliphatic carbocycles. The minimum Gasteiger partial charge on any atom is -0.489 e. The quantitative estimate of drug-likeness (QED) is 0.319. The van der Waals surface area contributed by atoms with Gasteiger partial charge in [-0.2, -0.15) is 0 Å². The van der Waals surface area contributed by atoms with Crippen LogP contribution in [0.15, 0.2) is 55.0 Å². The zero-order valence-electron chi connectivity index (χ0n) is 25.4. The van der Waals surface area contributed by atoms with Gasteiger partial charge in [0.2, 0.25) is 0 Å². The smallest absolute Gasteiger partial charge is 0.410 e. The topological polar surface area (TPSA) is 123 Å². The van der Waals surface area contributed by atoms with Gasteiger partial charge >= 0.3 is 6.09 Å². The van der Waals surface area contributed by atoms with Crippen molar-refractivity contribution in [3.8, 4) is 5.75 Å². The number of rotatable bonds is 6. The molecule has 11 heteroatoms. The van der Waals surface area contributed by atoms with Gasteiger partial charge in [0.25, 0.3) is 11.8 Å². The summed E-state index contributed by atoms with van der Waals surface area (Å²) in [7, 11) is 0. The largest absolute Gasteiger partial charge is 0.489 e. The molecule has 4 rings (SSSR count). The van der Waals surface area contributed by atoms with Crippen molar-refractivity contribution in [2.24, 2.45) is 0 Å². The van der Waals surface area contributed by atoms with E-state index in [1.54, 1.807) is 23.1 Å². The highest BCUT2D eigenvalue weighted by molar-refractivity contribution is 6.30. The summed E-state index contributed by atoms with van der Waals surface area (Å²) in [5.74, 6) is -0.173. The summed E-state index contributed by atoms with van der Waals surface area (Å²) in [6.07, 6.45) is 4.94. The van der Waals surface area contributed by atoms with E-state index in [-0.39, 0.29) is 28.9 Å². The molecule has 0 bridgehead atoms. The van der Waals surface area contributed by atoms with E-state index in [0.717, 1.165) is 5.56 Å². The van der Waals surface area contributed by atoms with Crippen LogP contribution in [0.4, 0.5) is 16.3 Å². The zero-order chi connectivity index (χ0) is 31.4. The molecule has 0 radical (unpaired) electrons. The number of aromatic nitrogens is 2. The first-order valence-corrected chi connectivity index (χ1v) is 14.5. The Morgan fingerprint density at radius 3 is 2.23 bits per heavy atom. The second-order valence-corrected chi connectivity index (χ2v) is 12.9. The third-order valence-electron chi connectivity index (χ3n) is 6.76. The summed E-state index contributed by atoms with van der Waals surface area (Å²) in [6, 6.07) is 10.2. The van der Waals surface area contributed by atoms with Crippen LogP contribution >= 0.6 is 11.6 Å². The Morgan fingerprint density at radius 2 is 1.60 bits per heavy atom. The number of amides is 3. The molecule has 1 aromatic carbocycles. The van der Waals surface area contributed by atoms with Gasteiger partial charge in [-0.25, -0.2) is 9.78 Å². The molecule has 228 valence electrons. The number of benzene rings is 1. The van der Waals surface area contributed by atoms with E-state index >= 15 is 0 Å². The van der Waals surface area contributed by atoms with E-state index in [1.165, 1.54) is 24.7 Å². The number of carbonyl (C=O) groups is 3. The zero-order valence-corrected chi connectivity index (χ0v) is 26.1. The lowest BCUT2D eigenvalue weighted by atomic mass is 9.86. The molecular weight excluding hydrogens is 570 g/mol. The molecule has 0 saturated carbocycles. The molecule has 1 fully saturated rings. The summed E-state index contributed by atoms with van der Waals surface area (Å²) in [6.45, 7) is 12.7. The number of likely N-dealkylation sites (tertiary alicyclic amines) is 1. The van der Waals surface area contributed by atoms with Gasteiger partial charge in [0.15, 0.2) is 0 Å². The number of hydrogen-bond donors (Lipinski definition) is 2. The summed E-state index contributed by atoms with van der Waals surface area (Å²) >= 11 is 5.89. The second kappa shape index (κ2) is 13.0. The molecule has 10 nitrogen and oxygen atoms in total. The molecule has 2 N–H and O–H groups in total. The van der Waals surface area contributed by atoms with Gasteiger partial charge in [-0.15, -0.1) is 0 Å². The lowest BCUT2D eigenvalue weighted by molar-refractivity contribution is 0.0126. The second-order valence-electron chi connectivity index (χ2n) is 12.4. The molecule has 3 aromatic rings. The SMILES string of the molecule is CC(C)(C)OC(=O)N1CCC(Oc2cc(C(C)(C)C)ccc2C(=O)Nc2cnccc2C(=O)Nc2ccc(Cl)cn2)CC1. The van der Waals surface area contributed by atoms with E-state index in [1.807, 2.05) is 32.9 Å². The molecule has 1 aliphatic rings. The number of anilines is 2. The number of nitrogens with zero attached hydrogens (tertiary/aromatic N) is 3. The molecule has 0 spiro atoms. The summed E-state index contributed by atoms with van der Waals surface area (Å²) < 4.78 is 11.9. The van der Waals surface area contributed by atoms with Crippen molar-refractivity contribution in [1.82, 2.24) is 14.9 Å². The highest BCUT2D eigenvalue weighted by atomic mass is 35.5. The van der Waals surface area contributed by atoms with E-state index in [9.17, 15) is 14.4 Å². The number of halogens is 1. The van der Waals surface area contributed by atoms with Gasteiger partial charge in [-0.1, -0.05) is 38.4 Å². The fraction of sp³-hybridized carbons (Fsp3) is 0.406. The van der Waals surface area contributed by atoms with Gasteiger partial charge in [-0.05, 0) is 62.1 Å². The number of hydrogen-bond acceptors (Lipinski definition) is 7. The Kier molecular flexibility index (Phi) is 9.59. The van der Waals surface area contributed by atoms with Crippen LogP contribution < -0.4 is 15.4 Å². The first-order valence-electron chi connectivity index (χ1n) is 14.2. The van der Waals surface area contributed by atoms with Crippen LogP contribution in [0.1, 0.15) is 80.7 Å². The molecule has 1 aliphatic heterocycles. The van der Waals surface area contributed by atoms with Gasteiger partial charge < -0.3 is 25.0 Å². The van der Waals surface area contributed by atoms with Gasteiger partial charge in [0, 0.05) is 38.3 Å². The highest BCUT2D eigenvalue weighted by Crippen LogP contribution is 2.32. The van der Waals surface area contributed by atoms with Crippen LogP contribution in [0.5, 0.6) is 5.75 Å². The van der Waals surface area contributed by atoms with Crippen LogP contribution in [0.25, 0.3) is 0 Å². The maximum Gasteiger partial charge on any atom is 0.410 e. The first kappa shape index (κ1) is 31.7. The molecule has 1 saturated heterocycles. The summed E-state index contributed by atoms with van der Waals surface area (Å²) in [5.41, 5.74) is 1.01. The van der Waals surface area contributed by atoms with Crippen molar-refractivity contribution < 1.29 is 23.9 Å². The Morgan fingerprint density at radius 1 is 0.907 bits per heavy atom. The van der Waals surface area contributed by atoms with Crippen molar-refractivity contribution in [3.05, 3.63) is 76.7 Å². The van der Waals surface area contributed by atoms with E-state index < -0.39 is 17.4 Å². The molecule has 0 atom stereocenters. The number of pyridine rings is 2. The number of ether oxygens (including phenoxy) is 2. The van der Waals surface area contributed by atoms with Gasteiger partial charge in [0.1, 0.15) is 23.3 Å². The van der Waals surface area contributed by atoms with Crippen molar-refractivity contribution in [2.45, 2.75) is 71.5 Å². The minimum atomic E-state index is -0.568. The van der Waals surface area contributed by atoms with Crippen LogP contribution in [0, 0.1) is 0 Å². The Hall–Kier alpha value is -4.18. The Labute approximate surface area is 257 Å². The van der Waals surface area contributed by atoms with E-state index in [2.05, 4.69) is 41.4 Å². The molecule has 2 aromatic heterocycles. The predicted molar refractivity (Wildman–Crippen MR) is 166 cm³/mol. The molecule has 0 unspecified atom stereocenters. The van der Waals surface area contributed by atoms with Gasteiger partial charge in [0.05, 0.1) is 28.0 Å². The lowest BCUT2D eigenvalue weighted by Gasteiger charge is -2.34. The van der Waals surface area contributed by atoms with Crippen LogP contribution in [-0.2, 0) is 10.2 Å². The van der Waals surface area contributed by atoms with Crippen molar-refractivity contribution in [1.29, 1.82) is 0 Å². The number of carbonyl (C=O) groups excluding carboxylic acids is 3. The maximum absolute atomic E-state index is 13.6. The first-order chi connectivity index (χ1) is 20.2. The third-order valence-corrected chi connectivity index (χ3v) is 6.99. The van der Waals surface area contributed by atoms with E-state index in [4.69, 9.17) is 21.1 Å². The molecule has 43 heavy (non-hydrogen) atoms. The highest BCUT2D eigenvalue weighted by Gasteiger charge is 2.29. The van der Waals surface area contributed by atoms with Crippen molar-refractivity contribution >= 4 is 41.0 Å². The van der Waals surface area contributed by atoms with Crippen LogP contribution in [0.3, 0.4) is 0 Å². The lowest BCUT2D eigenvalue weighted by Crippen LogP contribution is -2.44. The molecule has 3 amide bonds. The summed E-state index contributed by atoms with van der Waals surface area (Å²) in [5, 5.41) is 5.98. The minimum absolute atomic E-state index is 0.183. The molecule has 3 heterocycles. The Bertz CT molecular complexity index is 1470. The fourth-order valence-electron chi connectivity index (χ4n) is 4.45. The standard InChI is InChI=1S/C32H38ClN5O5/c1-31(2,3)20-7-9-24(26(17-20)42-22-12-15-38(16-13-22)30(41)43-32(4,5)6)29(40)36-25-19-34-14-11-23(25)28(39)37-27-10-8-21(33)18-35-27/h7-11,14,17-19,22H,12-13,15-16H2,1-6H3,(H,36,40)(H,35,37,39). The maximum atomic E-state index is 13.6. The Balaban J connectivity index is 1.52. The monoisotopic (exact) mass is 607 g/mol. The average molecular weight is 608 g/mol. The van der Waals surface area contributed by atoms with Crippen LogP contribution in [0.2, 0.25) is 5.02 Å². The van der Waals surface area contributed by atoms with Crippen LogP contribution in [-0.4, -0.2) is 57.6 Å². The van der Waals surface area contributed by atoms with Crippen molar-refractivity contribution in [3.63, 3.8) is 0 Å².